The van der Waals surface area contributed by atoms with Crippen LogP contribution in [0.25, 0.3) is 10.8 Å². The van der Waals surface area contributed by atoms with E-state index in [2.05, 4.69) is 9.40 Å². The molecule has 0 unspecified atom stereocenters. The Morgan fingerprint density at radius 3 is 3.18 bits per heavy atom. The van der Waals surface area contributed by atoms with Crippen LogP contribution in [0, 0.1) is 0 Å². The fourth-order valence-corrected chi connectivity index (χ4v) is 0.928. The van der Waals surface area contributed by atoms with E-state index in [1.54, 1.807) is 18.5 Å². The molecule has 2 aromatic rings. The maximum atomic E-state index is 10.7. The summed E-state index contributed by atoms with van der Waals surface area (Å²) >= 11 is 0. The van der Waals surface area contributed by atoms with E-state index in [0.29, 0.717) is 0 Å². The van der Waals surface area contributed by atoms with E-state index >= 15 is 0 Å². The first kappa shape index (κ1) is 6.09. The first-order valence-electron chi connectivity index (χ1n) is 3.19. The molecule has 11 heavy (non-hydrogen) atoms. The Bertz CT molecular complexity index is 433. The van der Waals surface area contributed by atoms with E-state index in [1.165, 1.54) is 12.3 Å². The Balaban J connectivity index is 2.94. The van der Waals surface area contributed by atoms with E-state index in [4.69, 9.17) is 0 Å². The summed E-state index contributed by atoms with van der Waals surface area (Å²) in [5.74, 6) is 0. The van der Waals surface area contributed by atoms with Crippen molar-refractivity contribution in [2.24, 2.45) is 0 Å². The second-order valence-electron chi connectivity index (χ2n) is 2.20. The van der Waals surface area contributed by atoms with Gasteiger partial charge in [-0.1, -0.05) is 0 Å². The minimum atomic E-state index is -0.342. The third-order valence-corrected chi connectivity index (χ3v) is 1.46. The topological polar surface area (TPSA) is 43.1 Å². The number of aromatic nitrogens is 1. The molecule has 2 rings (SSSR count). The molecule has 0 aliphatic carbocycles. The largest absolute Gasteiger partial charge is 0.431 e. The molecule has 0 atom stereocenters. The molecule has 0 N–H and O–H groups in total. The number of rotatable bonds is 0. The molecule has 0 aliphatic heterocycles. The zero-order valence-electron chi connectivity index (χ0n) is 5.65. The van der Waals surface area contributed by atoms with Gasteiger partial charge in [-0.2, -0.15) is 0 Å². The minimum Gasteiger partial charge on any atom is -0.431 e. The lowest BCUT2D eigenvalue weighted by Crippen LogP contribution is -1.93. The van der Waals surface area contributed by atoms with Crippen molar-refractivity contribution in [3.63, 3.8) is 0 Å². The van der Waals surface area contributed by atoms with Gasteiger partial charge in [0.2, 0.25) is 0 Å². The van der Waals surface area contributed by atoms with Crippen LogP contribution in [0.3, 0.4) is 0 Å². The molecule has 2 aromatic heterocycles. The number of nitrogens with zero attached hydrogens (tertiary/aromatic N) is 1. The zero-order valence-corrected chi connectivity index (χ0v) is 5.65. The summed E-state index contributed by atoms with van der Waals surface area (Å²) in [5.41, 5.74) is -0.342. The predicted octanol–water partition coefficient (Wildman–Crippen LogP) is 1.19. The summed E-state index contributed by atoms with van der Waals surface area (Å²) in [4.78, 5) is 14.6. The molecule has 0 aliphatic rings. The maximum absolute atomic E-state index is 10.7. The van der Waals surface area contributed by atoms with Crippen molar-refractivity contribution in [3.05, 3.63) is 41.2 Å². The van der Waals surface area contributed by atoms with Gasteiger partial charge in [0, 0.05) is 29.2 Å². The fourth-order valence-electron chi connectivity index (χ4n) is 0.928. The first-order chi connectivity index (χ1) is 5.36. The number of hydrogen-bond donors (Lipinski definition) is 0. The molecule has 3 nitrogen and oxygen atoms in total. The lowest BCUT2D eigenvalue weighted by atomic mass is 10.2. The van der Waals surface area contributed by atoms with E-state index in [0.717, 1.165) is 10.8 Å². The summed E-state index contributed by atoms with van der Waals surface area (Å²) in [7, 11) is 0. The fraction of sp³-hybridized carbons (Fsp3) is 0. The molecule has 0 fully saturated rings. The summed E-state index contributed by atoms with van der Waals surface area (Å²) < 4.78 is 4.66. The van der Waals surface area contributed by atoms with Crippen LogP contribution in [0.15, 0.2) is 40.0 Å². The maximum Gasteiger partial charge on any atom is 0.336 e. The van der Waals surface area contributed by atoms with Crippen molar-refractivity contribution in [2.75, 3.05) is 0 Å². The number of fused-ring (bicyclic) bond motifs is 1. The van der Waals surface area contributed by atoms with Gasteiger partial charge in [-0.05, 0) is 6.07 Å². The van der Waals surface area contributed by atoms with Crippen LogP contribution >= 0.6 is 0 Å². The molecule has 0 spiro atoms. The third-order valence-electron chi connectivity index (χ3n) is 1.46. The SMILES string of the molecule is O=c1cc2cnccc2co1. The van der Waals surface area contributed by atoms with E-state index in [1.807, 2.05) is 0 Å². The second kappa shape index (κ2) is 2.20. The molecule has 0 bridgehead atoms. The van der Waals surface area contributed by atoms with Crippen molar-refractivity contribution in [1.82, 2.24) is 4.98 Å². The lowest BCUT2D eigenvalue weighted by molar-refractivity contribution is 0.517. The Labute approximate surface area is 62.3 Å². The average molecular weight is 147 g/mol. The van der Waals surface area contributed by atoms with E-state index in [-0.39, 0.29) is 5.63 Å². The van der Waals surface area contributed by atoms with Gasteiger partial charge in [0.15, 0.2) is 0 Å². The van der Waals surface area contributed by atoms with Crippen molar-refractivity contribution in [1.29, 1.82) is 0 Å². The Kier molecular flexibility index (Phi) is 1.22. The van der Waals surface area contributed by atoms with Crippen molar-refractivity contribution in [3.8, 4) is 0 Å². The van der Waals surface area contributed by atoms with Crippen LogP contribution < -0.4 is 5.63 Å². The van der Waals surface area contributed by atoms with Crippen molar-refractivity contribution < 1.29 is 4.42 Å². The van der Waals surface area contributed by atoms with Gasteiger partial charge in [-0.3, -0.25) is 4.98 Å². The Hall–Kier alpha value is -1.64. The van der Waals surface area contributed by atoms with Gasteiger partial charge < -0.3 is 4.42 Å². The van der Waals surface area contributed by atoms with Crippen LogP contribution in [0.4, 0.5) is 0 Å². The minimum absolute atomic E-state index is 0.342. The normalized spacial score (nSPS) is 10.2. The van der Waals surface area contributed by atoms with Gasteiger partial charge >= 0.3 is 5.63 Å². The summed E-state index contributed by atoms with van der Waals surface area (Å²) in [6.07, 6.45) is 4.72. The predicted molar refractivity (Wildman–Crippen MR) is 40.3 cm³/mol. The summed E-state index contributed by atoms with van der Waals surface area (Å²) in [6, 6.07) is 3.21. The van der Waals surface area contributed by atoms with E-state index < -0.39 is 0 Å². The van der Waals surface area contributed by atoms with Gasteiger partial charge in [-0.15, -0.1) is 0 Å². The Morgan fingerprint density at radius 1 is 1.36 bits per heavy atom. The van der Waals surface area contributed by atoms with Crippen molar-refractivity contribution >= 4 is 10.8 Å². The highest BCUT2D eigenvalue weighted by Crippen LogP contribution is 2.07. The average Bonchev–Trinajstić information content (AvgIpc) is 2.04. The molecule has 54 valence electrons. The molecule has 0 saturated carbocycles. The third kappa shape index (κ3) is 1.00. The van der Waals surface area contributed by atoms with Gasteiger partial charge in [0.1, 0.15) is 6.26 Å². The molecule has 0 radical (unpaired) electrons. The highest BCUT2D eigenvalue weighted by atomic mass is 16.4. The van der Waals surface area contributed by atoms with Gasteiger partial charge in [0.25, 0.3) is 0 Å². The smallest absolute Gasteiger partial charge is 0.336 e. The monoisotopic (exact) mass is 147 g/mol. The summed E-state index contributed by atoms with van der Waals surface area (Å²) in [5, 5.41) is 1.70. The molecule has 0 aromatic carbocycles. The number of hydrogen-bond acceptors (Lipinski definition) is 3. The quantitative estimate of drug-likeness (QED) is 0.562. The van der Waals surface area contributed by atoms with Crippen molar-refractivity contribution in [2.45, 2.75) is 0 Å². The van der Waals surface area contributed by atoms with Crippen LogP contribution in [0.5, 0.6) is 0 Å². The molecule has 2 heterocycles. The molecule has 0 amide bonds. The Morgan fingerprint density at radius 2 is 2.27 bits per heavy atom. The van der Waals surface area contributed by atoms with Crippen LogP contribution in [-0.2, 0) is 0 Å². The van der Waals surface area contributed by atoms with Crippen LogP contribution in [-0.4, -0.2) is 4.98 Å². The summed E-state index contributed by atoms with van der Waals surface area (Å²) in [6.45, 7) is 0. The van der Waals surface area contributed by atoms with Gasteiger partial charge in [-0.25, -0.2) is 4.79 Å². The zero-order chi connectivity index (χ0) is 7.68. The number of pyridine rings is 1. The molecular formula is C8H5NO2. The van der Waals surface area contributed by atoms with Gasteiger partial charge in [0.05, 0.1) is 0 Å². The van der Waals surface area contributed by atoms with Crippen LogP contribution in [0.2, 0.25) is 0 Å². The first-order valence-corrected chi connectivity index (χ1v) is 3.19. The van der Waals surface area contributed by atoms with Crippen LogP contribution in [0.1, 0.15) is 0 Å². The highest BCUT2D eigenvalue weighted by molar-refractivity contribution is 5.79. The highest BCUT2D eigenvalue weighted by Gasteiger charge is 1.92. The molecule has 3 heteroatoms. The molecular weight excluding hydrogens is 142 g/mol. The molecule has 0 saturated heterocycles. The lowest BCUT2D eigenvalue weighted by Gasteiger charge is -1.90. The second-order valence-corrected chi connectivity index (χ2v) is 2.20. The standard InChI is InChI=1S/C8H5NO2/c10-8-3-7-4-9-2-1-6(7)5-11-8/h1-5H. The van der Waals surface area contributed by atoms with E-state index in [9.17, 15) is 4.79 Å².